The zero-order valence-corrected chi connectivity index (χ0v) is 14.8. The van der Waals surface area contributed by atoms with Crippen LogP contribution in [0.3, 0.4) is 0 Å². The molecule has 0 unspecified atom stereocenters. The third kappa shape index (κ3) is 3.72. The molecule has 8 heteroatoms. The number of aryl methyl sites for hydroxylation is 1. The molecule has 0 atom stereocenters. The van der Waals surface area contributed by atoms with Crippen LogP contribution in [-0.4, -0.2) is 54.8 Å². The van der Waals surface area contributed by atoms with E-state index >= 15 is 0 Å². The maximum absolute atomic E-state index is 11.0. The van der Waals surface area contributed by atoms with Crippen LogP contribution in [0, 0.1) is 6.92 Å². The van der Waals surface area contributed by atoms with E-state index in [0.717, 1.165) is 30.1 Å². The van der Waals surface area contributed by atoms with Gasteiger partial charge in [-0.2, -0.15) is 0 Å². The number of aromatic nitrogens is 4. The lowest BCUT2D eigenvalue weighted by atomic mass is 10.1. The summed E-state index contributed by atoms with van der Waals surface area (Å²) in [6.07, 6.45) is 4.23. The number of carboxylic acid groups (broad SMARTS) is 1. The molecule has 1 amide bonds. The van der Waals surface area contributed by atoms with Crippen molar-refractivity contribution in [2.24, 2.45) is 0 Å². The maximum Gasteiger partial charge on any atom is 0.407 e. The normalized spacial score (nSPS) is 15.6. The second-order valence-corrected chi connectivity index (χ2v) is 6.61. The molecule has 2 N–H and O–H groups in total. The minimum atomic E-state index is -0.853. The molecule has 2 aromatic rings. The largest absolute Gasteiger partial charge is 0.465 e. The molecular weight excluding hydrogens is 320 g/mol. The summed E-state index contributed by atoms with van der Waals surface area (Å²) in [5, 5.41) is 12.4. The van der Waals surface area contributed by atoms with Gasteiger partial charge in [-0.3, -0.25) is 0 Å². The van der Waals surface area contributed by atoms with Gasteiger partial charge in [0.05, 0.1) is 17.6 Å². The Morgan fingerprint density at radius 2 is 2.04 bits per heavy atom. The Labute approximate surface area is 146 Å². The minimum absolute atomic E-state index is 0.183. The molecule has 3 rings (SSSR count). The number of hydrogen-bond acceptors (Lipinski definition) is 5. The standard InChI is InChI=1S/C17H24N6O2/c1-11(2)23-12(3)19-10-15(23)14-4-7-18-16(21-14)20-13-5-8-22(9-6-13)17(24)25/h4,7,10-11,13H,5-6,8-9H2,1-3H3,(H,24,25)(H,18,20,21). The molecule has 0 spiro atoms. The molecule has 25 heavy (non-hydrogen) atoms. The number of hydrogen-bond donors (Lipinski definition) is 2. The Kier molecular flexibility index (Phi) is 4.87. The first-order valence-corrected chi connectivity index (χ1v) is 8.57. The number of rotatable bonds is 4. The van der Waals surface area contributed by atoms with Crippen LogP contribution in [0.25, 0.3) is 11.4 Å². The van der Waals surface area contributed by atoms with E-state index in [4.69, 9.17) is 5.11 Å². The summed E-state index contributed by atoms with van der Waals surface area (Å²) in [7, 11) is 0. The number of nitrogens with zero attached hydrogens (tertiary/aromatic N) is 5. The summed E-state index contributed by atoms with van der Waals surface area (Å²) in [6, 6.07) is 2.36. The van der Waals surface area contributed by atoms with E-state index in [1.54, 1.807) is 6.20 Å². The molecule has 0 radical (unpaired) electrons. The first-order chi connectivity index (χ1) is 12.0. The molecule has 3 heterocycles. The smallest absolute Gasteiger partial charge is 0.407 e. The van der Waals surface area contributed by atoms with Gasteiger partial charge in [0.2, 0.25) is 5.95 Å². The lowest BCUT2D eigenvalue weighted by molar-refractivity contribution is 0.133. The summed E-state index contributed by atoms with van der Waals surface area (Å²) in [5.41, 5.74) is 1.80. The van der Waals surface area contributed by atoms with E-state index in [1.165, 1.54) is 4.90 Å². The van der Waals surface area contributed by atoms with E-state index in [9.17, 15) is 4.79 Å². The molecule has 0 bridgehead atoms. The van der Waals surface area contributed by atoms with Crippen molar-refractivity contribution < 1.29 is 9.90 Å². The van der Waals surface area contributed by atoms with Crippen LogP contribution < -0.4 is 5.32 Å². The van der Waals surface area contributed by atoms with Crippen molar-refractivity contribution in [2.75, 3.05) is 18.4 Å². The van der Waals surface area contributed by atoms with Crippen molar-refractivity contribution in [1.82, 2.24) is 24.4 Å². The average Bonchev–Trinajstić information content (AvgIpc) is 2.97. The van der Waals surface area contributed by atoms with Crippen molar-refractivity contribution in [1.29, 1.82) is 0 Å². The molecule has 0 aliphatic carbocycles. The first kappa shape index (κ1) is 17.2. The maximum atomic E-state index is 11.0. The Bertz CT molecular complexity index is 749. The Balaban J connectivity index is 1.74. The predicted octanol–water partition coefficient (Wildman–Crippen LogP) is 2.78. The van der Waals surface area contributed by atoms with Crippen LogP contribution >= 0.6 is 0 Å². The highest BCUT2D eigenvalue weighted by Gasteiger charge is 2.23. The number of nitrogens with one attached hydrogen (secondary N) is 1. The summed E-state index contributed by atoms with van der Waals surface area (Å²) < 4.78 is 2.15. The summed E-state index contributed by atoms with van der Waals surface area (Å²) in [6.45, 7) is 7.29. The molecule has 8 nitrogen and oxygen atoms in total. The fourth-order valence-electron chi connectivity index (χ4n) is 3.26. The summed E-state index contributed by atoms with van der Waals surface area (Å²) >= 11 is 0. The van der Waals surface area contributed by atoms with Crippen molar-refractivity contribution >= 4 is 12.0 Å². The van der Waals surface area contributed by atoms with E-state index in [2.05, 4.69) is 38.7 Å². The van der Waals surface area contributed by atoms with E-state index in [0.29, 0.717) is 25.1 Å². The number of piperidine rings is 1. The second-order valence-electron chi connectivity index (χ2n) is 6.61. The monoisotopic (exact) mass is 344 g/mol. The third-order valence-electron chi connectivity index (χ3n) is 4.51. The van der Waals surface area contributed by atoms with E-state index in [-0.39, 0.29) is 6.04 Å². The number of amides is 1. The zero-order valence-electron chi connectivity index (χ0n) is 14.8. The van der Waals surface area contributed by atoms with Gasteiger partial charge >= 0.3 is 6.09 Å². The molecular formula is C17H24N6O2. The van der Waals surface area contributed by atoms with Crippen molar-refractivity contribution in [3.8, 4) is 11.4 Å². The molecule has 1 fully saturated rings. The van der Waals surface area contributed by atoms with Gasteiger partial charge in [-0.1, -0.05) is 0 Å². The molecule has 1 aliphatic heterocycles. The fraction of sp³-hybridized carbons (Fsp3) is 0.529. The van der Waals surface area contributed by atoms with Crippen LogP contribution in [0.4, 0.5) is 10.7 Å². The van der Waals surface area contributed by atoms with Crippen LogP contribution in [0.2, 0.25) is 0 Å². The predicted molar refractivity (Wildman–Crippen MR) is 94.6 cm³/mol. The summed E-state index contributed by atoms with van der Waals surface area (Å²) in [4.78, 5) is 25.8. The highest BCUT2D eigenvalue weighted by Crippen LogP contribution is 2.24. The topological polar surface area (TPSA) is 96.2 Å². The van der Waals surface area contributed by atoms with Gasteiger partial charge < -0.3 is 19.9 Å². The molecule has 0 aromatic carbocycles. The molecule has 0 saturated carbocycles. The fourth-order valence-corrected chi connectivity index (χ4v) is 3.26. The highest BCUT2D eigenvalue weighted by atomic mass is 16.4. The van der Waals surface area contributed by atoms with Gasteiger partial charge in [-0.15, -0.1) is 0 Å². The Hall–Kier alpha value is -2.64. The second kappa shape index (κ2) is 7.08. The quantitative estimate of drug-likeness (QED) is 0.885. The number of imidazole rings is 1. The van der Waals surface area contributed by atoms with Crippen LogP contribution in [-0.2, 0) is 0 Å². The zero-order chi connectivity index (χ0) is 18.0. The van der Waals surface area contributed by atoms with Crippen molar-refractivity contribution in [3.05, 3.63) is 24.3 Å². The molecule has 134 valence electrons. The van der Waals surface area contributed by atoms with Gasteiger partial charge in [-0.25, -0.2) is 19.7 Å². The molecule has 1 aliphatic rings. The Morgan fingerprint density at radius 1 is 1.32 bits per heavy atom. The number of anilines is 1. The van der Waals surface area contributed by atoms with Gasteiger partial charge in [0.25, 0.3) is 0 Å². The van der Waals surface area contributed by atoms with Crippen LogP contribution in [0.1, 0.15) is 38.6 Å². The minimum Gasteiger partial charge on any atom is -0.465 e. The van der Waals surface area contributed by atoms with Gasteiger partial charge in [-0.05, 0) is 39.7 Å². The highest BCUT2D eigenvalue weighted by molar-refractivity contribution is 5.65. The van der Waals surface area contributed by atoms with Gasteiger partial charge in [0.15, 0.2) is 0 Å². The van der Waals surface area contributed by atoms with Gasteiger partial charge in [0, 0.05) is 31.4 Å². The SMILES string of the molecule is Cc1ncc(-c2ccnc(NC3CCN(C(=O)O)CC3)n2)n1C(C)C. The number of likely N-dealkylation sites (tertiary alicyclic amines) is 1. The van der Waals surface area contributed by atoms with Gasteiger partial charge in [0.1, 0.15) is 5.82 Å². The van der Waals surface area contributed by atoms with Crippen LogP contribution in [0.5, 0.6) is 0 Å². The lowest BCUT2D eigenvalue weighted by Crippen LogP contribution is -2.41. The first-order valence-electron chi connectivity index (χ1n) is 8.57. The molecule has 1 saturated heterocycles. The average molecular weight is 344 g/mol. The van der Waals surface area contributed by atoms with Crippen LogP contribution in [0.15, 0.2) is 18.5 Å². The van der Waals surface area contributed by atoms with Crippen molar-refractivity contribution in [3.63, 3.8) is 0 Å². The lowest BCUT2D eigenvalue weighted by Gasteiger charge is -2.30. The van der Waals surface area contributed by atoms with Crippen molar-refractivity contribution in [2.45, 2.75) is 45.7 Å². The third-order valence-corrected chi connectivity index (χ3v) is 4.51. The number of carbonyl (C=O) groups is 1. The summed E-state index contributed by atoms with van der Waals surface area (Å²) in [5.74, 6) is 1.53. The Morgan fingerprint density at radius 3 is 2.68 bits per heavy atom. The molecule has 2 aromatic heterocycles. The van der Waals surface area contributed by atoms with E-state index < -0.39 is 6.09 Å². The van der Waals surface area contributed by atoms with E-state index in [1.807, 2.05) is 19.2 Å².